The maximum Gasteiger partial charge on any atom is 0.232 e. The lowest BCUT2D eigenvalue weighted by atomic mass is 10.1. The highest BCUT2D eigenvalue weighted by atomic mass is 32.2. The Balaban J connectivity index is 1.51. The van der Waals surface area contributed by atoms with Crippen LogP contribution in [0, 0.1) is 5.92 Å². The zero-order chi connectivity index (χ0) is 17.4. The van der Waals surface area contributed by atoms with Crippen molar-refractivity contribution in [2.24, 2.45) is 5.92 Å². The smallest absolute Gasteiger partial charge is 0.232 e. The van der Waals surface area contributed by atoms with Crippen molar-refractivity contribution < 1.29 is 9.59 Å². The highest BCUT2D eigenvalue weighted by Crippen LogP contribution is 2.32. The summed E-state index contributed by atoms with van der Waals surface area (Å²) in [7, 11) is 0. The number of fused-ring (bicyclic) bond motifs is 1. The number of hydrogen-bond acceptors (Lipinski definition) is 3. The Labute approximate surface area is 151 Å². The van der Waals surface area contributed by atoms with Gasteiger partial charge in [-0.2, -0.15) is 0 Å². The van der Waals surface area contributed by atoms with Crippen LogP contribution in [-0.4, -0.2) is 31.2 Å². The molecule has 2 aromatic carbocycles. The molecule has 0 aromatic heterocycles. The first kappa shape index (κ1) is 16.2. The molecule has 4 rings (SSSR count). The Morgan fingerprint density at radius 2 is 1.88 bits per heavy atom. The molecule has 0 aliphatic carbocycles. The molecule has 0 radical (unpaired) electrons. The number of para-hydroxylation sites is 1. The van der Waals surface area contributed by atoms with Crippen molar-refractivity contribution in [2.75, 3.05) is 29.1 Å². The molecule has 1 atom stereocenters. The first-order valence-electron chi connectivity index (χ1n) is 8.51. The molecular weight excluding hydrogens is 332 g/mol. The quantitative estimate of drug-likeness (QED) is 0.796. The standard InChI is InChI=1S/C20H20N2O2S/c1-25-17-8-6-16(7-9-17)22-13-15(12-19(22)23)20(24)21-11-10-14-4-2-3-5-18(14)21/h2-9,15H,10-13H2,1H3. The van der Waals surface area contributed by atoms with E-state index in [-0.39, 0.29) is 17.7 Å². The highest BCUT2D eigenvalue weighted by Gasteiger charge is 2.38. The molecule has 1 saturated heterocycles. The number of anilines is 2. The van der Waals surface area contributed by atoms with E-state index in [2.05, 4.69) is 6.07 Å². The van der Waals surface area contributed by atoms with Crippen molar-refractivity contribution in [1.29, 1.82) is 0 Å². The number of benzene rings is 2. The van der Waals surface area contributed by atoms with E-state index in [9.17, 15) is 9.59 Å². The molecule has 0 N–H and O–H groups in total. The van der Waals surface area contributed by atoms with Gasteiger partial charge in [0.15, 0.2) is 0 Å². The summed E-state index contributed by atoms with van der Waals surface area (Å²) in [6, 6.07) is 16.0. The van der Waals surface area contributed by atoms with Crippen LogP contribution in [0.1, 0.15) is 12.0 Å². The zero-order valence-corrected chi connectivity index (χ0v) is 15.0. The molecule has 2 aliphatic rings. The molecule has 0 saturated carbocycles. The zero-order valence-electron chi connectivity index (χ0n) is 14.1. The Bertz CT molecular complexity index is 819. The van der Waals surface area contributed by atoms with Gasteiger partial charge in [0.25, 0.3) is 0 Å². The van der Waals surface area contributed by atoms with E-state index < -0.39 is 0 Å². The first-order chi connectivity index (χ1) is 12.2. The third kappa shape index (κ3) is 2.93. The normalized spacial score (nSPS) is 19.4. The minimum Gasteiger partial charge on any atom is -0.312 e. The maximum absolute atomic E-state index is 13.0. The highest BCUT2D eigenvalue weighted by molar-refractivity contribution is 7.98. The molecule has 0 bridgehead atoms. The van der Waals surface area contributed by atoms with Gasteiger partial charge in [0.05, 0.1) is 5.92 Å². The van der Waals surface area contributed by atoms with E-state index >= 15 is 0 Å². The summed E-state index contributed by atoms with van der Waals surface area (Å²) in [5.74, 6) is -0.164. The SMILES string of the molecule is CSc1ccc(N2CC(C(=O)N3CCc4ccccc43)CC2=O)cc1. The van der Waals surface area contributed by atoms with Crippen molar-refractivity contribution in [3.63, 3.8) is 0 Å². The summed E-state index contributed by atoms with van der Waals surface area (Å²) >= 11 is 1.67. The summed E-state index contributed by atoms with van der Waals surface area (Å²) in [6.07, 6.45) is 3.21. The second-order valence-corrected chi connectivity index (χ2v) is 7.35. The predicted octanol–water partition coefficient (Wildman–Crippen LogP) is 3.35. The summed E-state index contributed by atoms with van der Waals surface area (Å²) in [4.78, 5) is 30.2. The molecule has 128 valence electrons. The first-order valence-corrected chi connectivity index (χ1v) is 9.73. The van der Waals surface area contributed by atoms with Crippen LogP contribution < -0.4 is 9.80 Å². The van der Waals surface area contributed by atoms with Crippen LogP contribution in [0.5, 0.6) is 0 Å². The molecule has 1 fully saturated rings. The van der Waals surface area contributed by atoms with Gasteiger partial charge in [0.1, 0.15) is 0 Å². The number of carbonyl (C=O) groups excluding carboxylic acids is 2. The fraction of sp³-hybridized carbons (Fsp3) is 0.300. The maximum atomic E-state index is 13.0. The van der Waals surface area contributed by atoms with Crippen LogP contribution in [0.4, 0.5) is 11.4 Å². The Morgan fingerprint density at radius 1 is 1.12 bits per heavy atom. The van der Waals surface area contributed by atoms with E-state index in [0.29, 0.717) is 19.5 Å². The minimum atomic E-state index is -0.265. The van der Waals surface area contributed by atoms with Gasteiger partial charge in [-0.05, 0) is 48.6 Å². The average molecular weight is 352 g/mol. The molecule has 2 aromatic rings. The van der Waals surface area contributed by atoms with Crippen molar-refractivity contribution in [3.05, 3.63) is 54.1 Å². The van der Waals surface area contributed by atoms with E-state index in [0.717, 1.165) is 22.7 Å². The summed E-state index contributed by atoms with van der Waals surface area (Å²) < 4.78 is 0. The lowest BCUT2D eigenvalue weighted by Crippen LogP contribution is -2.36. The van der Waals surface area contributed by atoms with Crippen LogP contribution in [0.2, 0.25) is 0 Å². The van der Waals surface area contributed by atoms with Crippen LogP contribution in [0.25, 0.3) is 0 Å². The molecule has 2 heterocycles. The summed E-state index contributed by atoms with van der Waals surface area (Å²) in [5.41, 5.74) is 3.09. The van der Waals surface area contributed by atoms with Crippen LogP contribution in [0.3, 0.4) is 0 Å². The van der Waals surface area contributed by atoms with Crippen molar-refractivity contribution >= 4 is 35.0 Å². The fourth-order valence-electron chi connectivity index (χ4n) is 3.67. The van der Waals surface area contributed by atoms with Crippen LogP contribution in [-0.2, 0) is 16.0 Å². The molecule has 25 heavy (non-hydrogen) atoms. The van der Waals surface area contributed by atoms with Gasteiger partial charge in [-0.25, -0.2) is 0 Å². The molecule has 2 aliphatic heterocycles. The largest absolute Gasteiger partial charge is 0.312 e. The summed E-state index contributed by atoms with van der Waals surface area (Å²) in [6.45, 7) is 1.18. The number of nitrogens with zero attached hydrogens (tertiary/aromatic N) is 2. The van der Waals surface area contributed by atoms with E-state index in [1.54, 1.807) is 16.7 Å². The summed E-state index contributed by atoms with van der Waals surface area (Å²) in [5, 5.41) is 0. The minimum absolute atomic E-state index is 0.0303. The molecular formula is C20H20N2O2S. The second kappa shape index (κ2) is 6.56. The number of carbonyl (C=O) groups is 2. The van der Waals surface area contributed by atoms with Crippen molar-refractivity contribution in [3.8, 4) is 0 Å². The Morgan fingerprint density at radius 3 is 2.64 bits per heavy atom. The lowest BCUT2D eigenvalue weighted by Gasteiger charge is -2.21. The third-order valence-corrected chi connectivity index (χ3v) is 5.76. The number of thioether (sulfide) groups is 1. The Kier molecular flexibility index (Phi) is 4.25. The van der Waals surface area contributed by atoms with Crippen molar-refractivity contribution in [2.45, 2.75) is 17.7 Å². The van der Waals surface area contributed by atoms with Gasteiger partial charge in [-0.1, -0.05) is 18.2 Å². The van der Waals surface area contributed by atoms with Gasteiger partial charge in [-0.3, -0.25) is 9.59 Å². The molecule has 4 nitrogen and oxygen atoms in total. The average Bonchev–Trinajstić information content (AvgIpc) is 3.25. The van der Waals surface area contributed by atoms with Gasteiger partial charge < -0.3 is 9.80 Å². The van der Waals surface area contributed by atoms with E-state index in [1.807, 2.05) is 53.6 Å². The van der Waals surface area contributed by atoms with Gasteiger partial charge >= 0.3 is 0 Å². The molecule has 2 amide bonds. The number of hydrogen-bond donors (Lipinski definition) is 0. The topological polar surface area (TPSA) is 40.6 Å². The Hall–Kier alpha value is -2.27. The number of rotatable bonds is 3. The van der Waals surface area contributed by atoms with Gasteiger partial charge in [-0.15, -0.1) is 11.8 Å². The lowest BCUT2D eigenvalue weighted by molar-refractivity contribution is -0.124. The molecule has 0 spiro atoms. The van der Waals surface area contributed by atoms with E-state index in [4.69, 9.17) is 0 Å². The predicted molar refractivity (Wildman–Crippen MR) is 101 cm³/mol. The molecule has 5 heteroatoms. The van der Waals surface area contributed by atoms with Gasteiger partial charge in [0, 0.05) is 35.8 Å². The van der Waals surface area contributed by atoms with E-state index in [1.165, 1.54) is 5.56 Å². The monoisotopic (exact) mass is 352 g/mol. The number of amides is 2. The third-order valence-electron chi connectivity index (χ3n) is 5.01. The fourth-order valence-corrected chi connectivity index (χ4v) is 4.08. The van der Waals surface area contributed by atoms with Crippen LogP contribution >= 0.6 is 11.8 Å². The van der Waals surface area contributed by atoms with Crippen molar-refractivity contribution in [1.82, 2.24) is 0 Å². The molecule has 1 unspecified atom stereocenters. The second-order valence-electron chi connectivity index (χ2n) is 6.47. The van der Waals surface area contributed by atoms with Crippen LogP contribution in [0.15, 0.2) is 53.4 Å². The van der Waals surface area contributed by atoms with Gasteiger partial charge in [0.2, 0.25) is 11.8 Å².